The molecule has 0 unspecified atom stereocenters. The van der Waals surface area contributed by atoms with E-state index in [1.54, 1.807) is 19.9 Å². The Kier molecular flexibility index (Phi) is 3.69. The third-order valence-electron chi connectivity index (χ3n) is 4.79. The first-order valence-electron chi connectivity index (χ1n) is 6.96. The summed E-state index contributed by atoms with van der Waals surface area (Å²) in [5, 5.41) is 9.12. The molecule has 1 aliphatic carbocycles. The molecule has 0 amide bonds. The van der Waals surface area contributed by atoms with Gasteiger partial charge in [-0.3, -0.25) is 9.69 Å². The Hall–Kier alpha value is -1.35. The molecule has 3 nitrogen and oxygen atoms in total. The van der Waals surface area contributed by atoms with Crippen molar-refractivity contribution in [2.24, 2.45) is 16.7 Å². The quantitative estimate of drug-likeness (QED) is 0.748. The largest absolute Gasteiger partial charge is 0.401 e. The summed E-state index contributed by atoms with van der Waals surface area (Å²) >= 11 is 0. The van der Waals surface area contributed by atoms with E-state index in [1.165, 1.54) is 4.90 Å². The number of allylic oxidation sites excluding steroid dienone is 1. The van der Waals surface area contributed by atoms with Crippen LogP contribution in [0, 0.1) is 28.1 Å². The number of halogens is 3. The third kappa shape index (κ3) is 2.84. The molecule has 1 saturated heterocycles. The van der Waals surface area contributed by atoms with Crippen molar-refractivity contribution >= 4 is 5.78 Å². The lowest BCUT2D eigenvalue weighted by atomic mass is 9.55. The van der Waals surface area contributed by atoms with Gasteiger partial charge < -0.3 is 0 Å². The molecule has 21 heavy (non-hydrogen) atoms. The molecule has 0 radical (unpaired) electrons. The van der Waals surface area contributed by atoms with E-state index in [2.05, 4.69) is 0 Å². The molecule has 0 aromatic heterocycles. The van der Waals surface area contributed by atoms with Crippen molar-refractivity contribution in [1.29, 1.82) is 5.26 Å². The highest BCUT2D eigenvalue weighted by Gasteiger charge is 2.53. The van der Waals surface area contributed by atoms with E-state index in [4.69, 9.17) is 5.26 Å². The molecule has 1 heterocycles. The molecular formula is C15H19F3N2O. The first-order valence-corrected chi connectivity index (χ1v) is 6.96. The number of ketones is 1. The minimum Gasteiger partial charge on any atom is -0.294 e. The van der Waals surface area contributed by atoms with Crippen molar-refractivity contribution in [3.8, 4) is 6.07 Å². The van der Waals surface area contributed by atoms with Crippen LogP contribution in [0.3, 0.4) is 0 Å². The Labute approximate surface area is 122 Å². The molecule has 1 aliphatic heterocycles. The van der Waals surface area contributed by atoms with Crippen LogP contribution in [0.2, 0.25) is 0 Å². The molecule has 6 heteroatoms. The summed E-state index contributed by atoms with van der Waals surface area (Å²) in [5.41, 5.74) is -1.21. The van der Waals surface area contributed by atoms with E-state index in [-0.39, 0.29) is 23.8 Å². The van der Waals surface area contributed by atoms with Crippen LogP contribution in [0.4, 0.5) is 13.2 Å². The number of hydrogen-bond donors (Lipinski definition) is 0. The van der Waals surface area contributed by atoms with Crippen molar-refractivity contribution in [2.75, 3.05) is 19.6 Å². The van der Waals surface area contributed by atoms with E-state index in [1.807, 2.05) is 13.0 Å². The van der Waals surface area contributed by atoms with Gasteiger partial charge in [-0.1, -0.05) is 26.8 Å². The topological polar surface area (TPSA) is 44.1 Å². The van der Waals surface area contributed by atoms with Gasteiger partial charge in [-0.25, -0.2) is 0 Å². The van der Waals surface area contributed by atoms with Gasteiger partial charge in [0, 0.05) is 17.4 Å². The van der Waals surface area contributed by atoms with Crippen LogP contribution in [-0.4, -0.2) is 36.5 Å². The van der Waals surface area contributed by atoms with Crippen molar-refractivity contribution in [2.45, 2.75) is 33.4 Å². The number of likely N-dealkylation sites (tertiary alicyclic amines) is 1. The highest BCUT2D eigenvalue weighted by atomic mass is 19.4. The van der Waals surface area contributed by atoms with E-state index >= 15 is 0 Å². The van der Waals surface area contributed by atoms with E-state index in [0.29, 0.717) is 13.0 Å². The van der Waals surface area contributed by atoms with Crippen LogP contribution in [0.25, 0.3) is 0 Å². The number of alkyl halides is 3. The molecule has 116 valence electrons. The SMILES string of the molecule is CC1(C)C(=O)C(C#N)=C[C@]2(C)CN(CC(F)(F)F)CC[C@@H]12. The van der Waals surface area contributed by atoms with Gasteiger partial charge in [0.1, 0.15) is 6.07 Å². The van der Waals surface area contributed by atoms with Crippen molar-refractivity contribution in [1.82, 2.24) is 4.90 Å². The molecule has 2 rings (SSSR count). The molecule has 0 spiro atoms. The number of fused-ring (bicyclic) bond motifs is 1. The van der Waals surface area contributed by atoms with Crippen molar-refractivity contribution in [3.05, 3.63) is 11.6 Å². The van der Waals surface area contributed by atoms with Gasteiger partial charge >= 0.3 is 6.18 Å². The van der Waals surface area contributed by atoms with Crippen LogP contribution < -0.4 is 0 Å². The fourth-order valence-electron chi connectivity index (χ4n) is 4.02. The minimum absolute atomic E-state index is 0.0425. The maximum absolute atomic E-state index is 12.6. The second kappa shape index (κ2) is 4.84. The highest BCUT2D eigenvalue weighted by Crippen LogP contribution is 2.52. The molecule has 1 fully saturated rings. The van der Waals surface area contributed by atoms with E-state index in [0.717, 1.165) is 0 Å². The lowest BCUT2D eigenvalue weighted by Gasteiger charge is -2.53. The number of nitriles is 1. The molecule has 0 aromatic rings. The van der Waals surface area contributed by atoms with Gasteiger partial charge in [0.25, 0.3) is 0 Å². The van der Waals surface area contributed by atoms with Crippen molar-refractivity contribution < 1.29 is 18.0 Å². The van der Waals surface area contributed by atoms with Crippen molar-refractivity contribution in [3.63, 3.8) is 0 Å². The Morgan fingerprint density at radius 1 is 1.43 bits per heavy atom. The Bertz CT molecular complexity index is 530. The number of piperidine rings is 1. The molecule has 0 bridgehead atoms. The predicted octanol–water partition coefficient (Wildman–Crippen LogP) is 2.94. The zero-order valence-corrected chi connectivity index (χ0v) is 12.4. The third-order valence-corrected chi connectivity index (χ3v) is 4.79. The first kappa shape index (κ1) is 16.0. The standard InChI is InChI=1S/C15H19F3N2O/c1-13(2)11-4-5-20(9-15(16,17)18)8-14(11,3)6-10(7-19)12(13)21/h6,11H,4-5,8-9H2,1-3H3/t11-,14+/m0/s1. The fourth-order valence-corrected chi connectivity index (χ4v) is 4.02. The lowest BCUT2D eigenvalue weighted by Crippen LogP contribution is -2.56. The maximum atomic E-state index is 12.6. The summed E-state index contributed by atoms with van der Waals surface area (Å²) in [7, 11) is 0. The number of nitrogens with zero attached hydrogens (tertiary/aromatic N) is 2. The Morgan fingerprint density at radius 2 is 2.05 bits per heavy atom. The summed E-state index contributed by atoms with van der Waals surface area (Å²) < 4.78 is 37.7. The lowest BCUT2D eigenvalue weighted by molar-refractivity contribution is -0.159. The number of carbonyl (C=O) groups excluding carboxylic acids is 1. The molecule has 2 atom stereocenters. The van der Waals surface area contributed by atoms with Crippen LogP contribution in [0.1, 0.15) is 27.2 Å². The summed E-state index contributed by atoms with van der Waals surface area (Å²) in [6.07, 6.45) is -2.11. The van der Waals surface area contributed by atoms with Gasteiger partial charge in [-0.15, -0.1) is 0 Å². The van der Waals surface area contributed by atoms with Gasteiger partial charge in [-0.2, -0.15) is 18.4 Å². The van der Waals surface area contributed by atoms with Crippen LogP contribution in [0.15, 0.2) is 11.6 Å². The smallest absolute Gasteiger partial charge is 0.294 e. The predicted molar refractivity (Wildman–Crippen MR) is 71.2 cm³/mol. The number of carbonyl (C=O) groups is 1. The maximum Gasteiger partial charge on any atom is 0.401 e. The average molecular weight is 300 g/mol. The molecule has 0 saturated carbocycles. The summed E-state index contributed by atoms with van der Waals surface area (Å²) in [5.74, 6) is -0.240. The fraction of sp³-hybridized carbons (Fsp3) is 0.733. The van der Waals surface area contributed by atoms with Gasteiger partial charge in [0.05, 0.1) is 12.1 Å². The Morgan fingerprint density at radius 3 is 2.57 bits per heavy atom. The number of rotatable bonds is 1. The zero-order valence-electron chi connectivity index (χ0n) is 12.4. The second-order valence-electron chi connectivity index (χ2n) is 6.89. The van der Waals surface area contributed by atoms with Crippen LogP contribution in [0.5, 0.6) is 0 Å². The normalized spacial score (nSPS) is 33.1. The van der Waals surface area contributed by atoms with E-state index in [9.17, 15) is 18.0 Å². The molecule has 0 aromatic carbocycles. The number of hydrogen-bond acceptors (Lipinski definition) is 3. The second-order valence-corrected chi connectivity index (χ2v) is 6.89. The molecule has 2 aliphatic rings. The van der Waals surface area contributed by atoms with Gasteiger partial charge in [0.2, 0.25) is 0 Å². The van der Waals surface area contributed by atoms with Gasteiger partial charge in [-0.05, 0) is 18.9 Å². The summed E-state index contributed by atoms with van der Waals surface area (Å²) in [4.78, 5) is 13.7. The Balaban J connectivity index is 2.34. The number of Topliss-reactive ketones (excluding diaryl/α,β-unsaturated/α-hetero) is 1. The molecule has 0 N–H and O–H groups in total. The zero-order chi connectivity index (χ0) is 16.1. The van der Waals surface area contributed by atoms with Crippen LogP contribution >= 0.6 is 0 Å². The van der Waals surface area contributed by atoms with E-state index < -0.39 is 23.6 Å². The monoisotopic (exact) mass is 300 g/mol. The highest BCUT2D eigenvalue weighted by molar-refractivity contribution is 6.04. The average Bonchev–Trinajstić information content (AvgIpc) is 2.31. The molecular weight excluding hydrogens is 281 g/mol. The van der Waals surface area contributed by atoms with Crippen LogP contribution in [-0.2, 0) is 4.79 Å². The summed E-state index contributed by atoms with van der Waals surface area (Å²) in [6.45, 7) is 5.04. The minimum atomic E-state index is -4.23. The van der Waals surface area contributed by atoms with Gasteiger partial charge in [0.15, 0.2) is 5.78 Å². The summed E-state index contributed by atoms with van der Waals surface area (Å²) in [6, 6.07) is 1.90. The first-order chi connectivity index (χ1) is 9.49.